The standard InChI is InChI=1S/C22H26ClNS/c1-2-6-17-9-11-19(12-10-17)22(24-16-25)14-13-20(21(23)15-22)18-7-4-3-5-8-18/h3-5,7-8,13-14,17,19H,2,6,9-12,15H2,1H3. The molecule has 2 aliphatic rings. The Morgan fingerprint density at radius 1 is 1.20 bits per heavy atom. The van der Waals surface area contributed by atoms with E-state index in [9.17, 15) is 0 Å². The van der Waals surface area contributed by atoms with Crippen molar-refractivity contribution in [2.45, 2.75) is 57.4 Å². The van der Waals surface area contributed by atoms with E-state index in [1.54, 1.807) is 0 Å². The second-order valence-electron chi connectivity index (χ2n) is 7.40. The van der Waals surface area contributed by atoms with Crippen LogP contribution in [-0.2, 0) is 0 Å². The van der Waals surface area contributed by atoms with Crippen molar-refractivity contribution in [3.05, 3.63) is 53.1 Å². The Morgan fingerprint density at radius 3 is 2.52 bits per heavy atom. The monoisotopic (exact) mass is 371 g/mol. The lowest BCUT2D eigenvalue weighted by Crippen LogP contribution is -2.38. The third-order valence-electron chi connectivity index (χ3n) is 5.86. The molecule has 1 atom stereocenters. The predicted molar refractivity (Wildman–Crippen MR) is 111 cm³/mol. The van der Waals surface area contributed by atoms with Crippen LogP contribution in [0.3, 0.4) is 0 Å². The summed E-state index contributed by atoms with van der Waals surface area (Å²) >= 11 is 11.7. The Balaban J connectivity index is 1.81. The molecule has 3 rings (SSSR count). The van der Waals surface area contributed by atoms with E-state index in [1.807, 2.05) is 18.2 Å². The van der Waals surface area contributed by atoms with Crippen LogP contribution in [0.4, 0.5) is 0 Å². The first kappa shape index (κ1) is 18.6. The van der Waals surface area contributed by atoms with E-state index in [0.29, 0.717) is 5.92 Å². The largest absolute Gasteiger partial charge is 0.221 e. The van der Waals surface area contributed by atoms with Gasteiger partial charge in [0.05, 0.1) is 10.7 Å². The van der Waals surface area contributed by atoms with Crippen LogP contribution < -0.4 is 0 Å². The van der Waals surface area contributed by atoms with E-state index in [2.05, 4.69) is 41.4 Å². The summed E-state index contributed by atoms with van der Waals surface area (Å²) in [6, 6.07) is 10.3. The molecule has 1 aromatic carbocycles. The summed E-state index contributed by atoms with van der Waals surface area (Å²) in [6.07, 6.45) is 12.8. The van der Waals surface area contributed by atoms with Gasteiger partial charge in [-0.3, -0.25) is 0 Å². The molecule has 25 heavy (non-hydrogen) atoms. The van der Waals surface area contributed by atoms with E-state index >= 15 is 0 Å². The normalized spacial score (nSPS) is 29.4. The zero-order chi connectivity index (χ0) is 17.7. The van der Waals surface area contributed by atoms with Crippen molar-refractivity contribution in [3.63, 3.8) is 0 Å². The fraction of sp³-hybridized carbons (Fsp3) is 0.500. The number of halogens is 1. The first-order chi connectivity index (χ1) is 12.2. The fourth-order valence-electron chi connectivity index (χ4n) is 4.48. The molecule has 1 saturated carbocycles. The summed E-state index contributed by atoms with van der Waals surface area (Å²) in [4.78, 5) is 4.65. The molecule has 0 N–H and O–H groups in total. The highest BCUT2D eigenvalue weighted by Gasteiger charge is 2.41. The molecular weight excluding hydrogens is 346 g/mol. The molecule has 132 valence electrons. The lowest BCUT2D eigenvalue weighted by Gasteiger charge is -2.40. The number of hydrogen-bond acceptors (Lipinski definition) is 2. The maximum absolute atomic E-state index is 6.74. The maximum atomic E-state index is 6.74. The Labute approximate surface area is 161 Å². The molecule has 1 unspecified atom stereocenters. The third-order valence-corrected chi connectivity index (χ3v) is 6.29. The number of hydrogen-bond donors (Lipinski definition) is 0. The quantitative estimate of drug-likeness (QED) is 0.399. The zero-order valence-corrected chi connectivity index (χ0v) is 16.5. The molecule has 0 spiro atoms. The molecule has 1 fully saturated rings. The van der Waals surface area contributed by atoms with Crippen molar-refractivity contribution in [2.24, 2.45) is 16.8 Å². The lowest BCUT2D eigenvalue weighted by molar-refractivity contribution is 0.199. The van der Waals surface area contributed by atoms with Gasteiger partial charge >= 0.3 is 0 Å². The number of allylic oxidation sites excluding steroid dienone is 2. The number of nitrogens with zero attached hydrogens (tertiary/aromatic N) is 1. The maximum Gasteiger partial charge on any atom is 0.0970 e. The van der Waals surface area contributed by atoms with Crippen LogP contribution in [0.25, 0.3) is 5.57 Å². The van der Waals surface area contributed by atoms with Gasteiger partial charge in [0.1, 0.15) is 0 Å². The van der Waals surface area contributed by atoms with Gasteiger partial charge in [0, 0.05) is 11.5 Å². The molecule has 0 amide bonds. The minimum absolute atomic E-state index is 0.297. The van der Waals surface area contributed by atoms with Gasteiger partial charge in [0.25, 0.3) is 0 Å². The van der Waals surface area contributed by atoms with Gasteiger partial charge < -0.3 is 0 Å². The second kappa shape index (κ2) is 8.45. The average molecular weight is 372 g/mol. The number of thiocarbonyl (C=S) groups is 1. The van der Waals surface area contributed by atoms with Crippen molar-refractivity contribution in [1.82, 2.24) is 0 Å². The summed E-state index contributed by atoms with van der Waals surface area (Å²) in [5, 5.41) is 3.55. The smallest absolute Gasteiger partial charge is 0.0970 e. The van der Waals surface area contributed by atoms with Crippen LogP contribution in [0, 0.1) is 11.8 Å². The number of isothiocyanates is 1. The minimum Gasteiger partial charge on any atom is -0.221 e. The summed E-state index contributed by atoms with van der Waals surface area (Å²) < 4.78 is 0. The number of rotatable bonds is 5. The molecule has 0 saturated heterocycles. The van der Waals surface area contributed by atoms with Crippen LogP contribution in [0.2, 0.25) is 0 Å². The Kier molecular flexibility index (Phi) is 6.28. The molecule has 2 aliphatic carbocycles. The highest BCUT2D eigenvalue weighted by atomic mass is 35.5. The van der Waals surface area contributed by atoms with Gasteiger partial charge in [-0.15, -0.1) is 0 Å². The lowest BCUT2D eigenvalue weighted by atomic mass is 9.68. The third kappa shape index (κ3) is 4.14. The van der Waals surface area contributed by atoms with E-state index in [4.69, 9.17) is 23.8 Å². The van der Waals surface area contributed by atoms with E-state index in [1.165, 1.54) is 38.5 Å². The molecule has 0 radical (unpaired) electrons. The van der Waals surface area contributed by atoms with Gasteiger partial charge in [-0.05, 0) is 48.0 Å². The van der Waals surface area contributed by atoms with Crippen LogP contribution in [-0.4, -0.2) is 10.7 Å². The van der Waals surface area contributed by atoms with Crippen LogP contribution in [0.1, 0.15) is 57.4 Å². The molecule has 0 heterocycles. The Bertz CT molecular complexity index is 694. The average Bonchev–Trinajstić information content (AvgIpc) is 2.64. The van der Waals surface area contributed by atoms with Gasteiger partial charge in [-0.2, -0.15) is 0 Å². The van der Waals surface area contributed by atoms with E-state index in [0.717, 1.165) is 28.5 Å². The van der Waals surface area contributed by atoms with Crippen molar-refractivity contribution < 1.29 is 0 Å². The van der Waals surface area contributed by atoms with Crippen LogP contribution in [0.5, 0.6) is 0 Å². The summed E-state index contributed by atoms with van der Waals surface area (Å²) in [5.41, 5.74) is 1.97. The minimum atomic E-state index is -0.297. The summed E-state index contributed by atoms with van der Waals surface area (Å²) in [6.45, 7) is 2.28. The Hall–Kier alpha value is -1.21. The zero-order valence-electron chi connectivity index (χ0n) is 14.9. The predicted octanol–water partition coefficient (Wildman–Crippen LogP) is 7.04. The topological polar surface area (TPSA) is 12.4 Å². The van der Waals surface area contributed by atoms with Crippen LogP contribution >= 0.6 is 23.8 Å². The van der Waals surface area contributed by atoms with Crippen molar-refractivity contribution in [3.8, 4) is 0 Å². The molecule has 1 aromatic rings. The molecule has 0 aromatic heterocycles. The van der Waals surface area contributed by atoms with E-state index < -0.39 is 0 Å². The first-order valence-electron chi connectivity index (χ1n) is 9.41. The molecular formula is C22H26ClNS. The van der Waals surface area contributed by atoms with Crippen molar-refractivity contribution in [1.29, 1.82) is 0 Å². The Morgan fingerprint density at radius 2 is 1.92 bits per heavy atom. The molecule has 0 aliphatic heterocycles. The van der Waals surface area contributed by atoms with Crippen LogP contribution in [0.15, 0.2) is 52.5 Å². The van der Waals surface area contributed by atoms with Crippen molar-refractivity contribution in [2.75, 3.05) is 0 Å². The fourth-order valence-corrected chi connectivity index (χ4v) is 5.04. The number of benzene rings is 1. The van der Waals surface area contributed by atoms with Gasteiger partial charge in [-0.1, -0.05) is 86.7 Å². The van der Waals surface area contributed by atoms with Gasteiger partial charge in [0.15, 0.2) is 0 Å². The highest BCUT2D eigenvalue weighted by molar-refractivity contribution is 7.78. The summed E-state index contributed by atoms with van der Waals surface area (Å²) in [7, 11) is 0. The van der Waals surface area contributed by atoms with Gasteiger partial charge in [-0.25, -0.2) is 4.99 Å². The molecule has 1 nitrogen and oxygen atoms in total. The SMILES string of the molecule is CCCC1CCC(C2(N=C=S)C=CC(c3ccccc3)=C(Cl)C2)CC1. The summed E-state index contributed by atoms with van der Waals surface area (Å²) in [5.74, 6) is 1.40. The molecule has 3 heteroatoms. The highest BCUT2D eigenvalue weighted by Crippen LogP contribution is 2.46. The van der Waals surface area contributed by atoms with Crippen molar-refractivity contribution >= 4 is 34.6 Å². The molecule has 0 bridgehead atoms. The number of aliphatic imine (C=N–C) groups is 1. The van der Waals surface area contributed by atoms with E-state index in [-0.39, 0.29) is 5.54 Å². The first-order valence-corrected chi connectivity index (χ1v) is 10.2. The van der Waals surface area contributed by atoms with Gasteiger partial charge in [0.2, 0.25) is 0 Å². The second-order valence-corrected chi connectivity index (χ2v) is 8.03.